The fourth-order valence-electron chi connectivity index (χ4n) is 5.57. The fourth-order valence-corrected chi connectivity index (χ4v) is 5.57. The van der Waals surface area contributed by atoms with Gasteiger partial charge in [-0.05, 0) is 55.0 Å². The summed E-state index contributed by atoms with van der Waals surface area (Å²) in [5.41, 5.74) is 2.47. The molecule has 4 amide bonds. The highest BCUT2D eigenvalue weighted by molar-refractivity contribution is 5.98. The van der Waals surface area contributed by atoms with Gasteiger partial charge >= 0.3 is 0 Å². The minimum absolute atomic E-state index is 0.118. The third kappa shape index (κ3) is 8.51. The molecule has 4 N–H and O–H groups in total. The summed E-state index contributed by atoms with van der Waals surface area (Å²) in [6, 6.07) is 14.3. The molecule has 0 radical (unpaired) electrons. The van der Waals surface area contributed by atoms with E-state index in [4.69, 9.17) is 9.15 Å². The summed E-state index contributed by atoms with van der Waals surface area (Å²) < 4.78 is 11.1. The van der Waals surface area contributed by atoms with Crippen molar-refractivity contribution in [3.63, 3.8) is 0 Å². The zero-order chi connectivity index (χ0) is 32.5. The summed E-state index contributed by atoms with van der Waals surface area (Å²) in [6.45, 7) is 6.91. The smallest absolute Gasteiger partial charge is 0.273 e. The first-order valence-electron chi connectivity index (χ1n) is 15.9. The third-order valence-corrected chi connectivity index (χ3v) is 8.23. The average molecular weight is 631 g/mol. The molecular weight excluding hydrogens is 588 g/mol. The van der Waals surface area contributed by atoms with Gasteiger partial charge < -0.3 is 35.3 Å². The Morgan fingerprint density at radius 3 is 2.43 bits per heavy atom. The summed E-state index contributed by atoms with van der Waals surface area (Å²) in [6.07, 6.45) is 3.06. The summed E-state index contributed by atoms with van der Waals surface area (Å²) in [5.74, 6) is -1.74. The van der Waals surface area contributed by atoms with E-state index in [0.717, 1.165) is 24.3 Å². The van der Waals surface area contributed by atoms with E-state index in [0.29, 0.717) is 51.0 Å². The van der Waals surface area contributed by atoms with Crippen LogP contribution in [0.5, 0.6) is 0 Å². The lowest BCUT2D eigenvalue weighted by Gasteiger charge is -2.29. The Morgan fingerprint density at radius 1 is 0.978 bits per heavy atom. The van der Waals surface area contributed by atoms with E-state index in [-0.39, 0.29) is 23.4 Å². The molecule has 12 heteroatoms. The van der Waals surface area contributed by atoms with Crippen molar-refractivity contribution in [3.05, 3.63) is 83.6 Å². The van der Waals surface area contributed by atoms with Crippen molar-refractivity contribution >= 4 is 29.3 Å². The van der Waals surface area contributed by atoms with Crippen LogP contribution in [0.4, 0.5) is 5.69 Å². The molecule has 3 heterocycles. The van der Waals surface area contributed by atoms with Gasteiger partial charge in [-0.3, -0.25) is 19.2 Å². The summed E-state index contributed by atoms with van der Waals surface area (Å²) in [5, 5.41) is 11.6. The predicted molar refractivity (Wildman–Crippen MR) is 171 cm³/mol. The van der Waals surface area contributed by atoms with E-state index >= 15 is 0 Å². The third-order valence-electron chi connectivity index (χ3n) is 8.23. The number of nitrogens with zero attached hydrogens (tertiary/aromatic N) is 2. The Balaban J connectivity index is 1.34. The highest BCUT2D eigenvalue weighted by atomic mass is 16.5. The van der Waals surface area contributed by atoms with Crippen LogP contribution < -0.4 is 26.2 Å². The van der Waals surface area contributed by atoms with Crippen LogP contribution in [0.25, 0.3) is 0 Å². The van der Waals surface area contributed by atoms with Crippen molar-refractivity contribution in [1.29, 1.82) is 0 Å². The van der Waals surface area contributed by atoms with E-state index < -0.39 is 35.8 Å². The van der Waals surface area contributed by atoms with Crippen LogP contribution >= 0.6 is 0 Å². The number of carbonyl (C=O) groups excluding carboxylic acids is 4. The molecule has 3 aromatic rings. The van der Waals surface area contributed by atoms with Crippen LogP contribution in [0.15, 0.2) is 65.3 Å². The molecule has 2 bridgehead atoms. The van der Waals surface area contributed by atoms with Gasteiger partial charge in [0.15, 0.2) is 5.69 Å². The maximum atomic E-state index is 13.7. The normalized spacial score (nSPS) is 21.7. The number of hydrogen-bond acceptors (Lipinski definition) is 8. The number of fused-ring (bicyclic) bond motifs is 2. The monoisotopic (exact) mass is 630 g/mol. The van der Waals surface area contributed by atoms with Crippen molar-refractivity contribution in [2.24, 2.45) is 5.92 Å². The maximum absolute atomic E-state index is 13.7. The lowest BCUT2D eigenvalue weighted by Crippen LogP contribution is -2.56. The highest BCUT2D eigenvalue weighted by Crippen LogP contribution is 2.21. The molecule has 0 saturated carbocycles. The summed E-state index contributed by atoms with van der Waals surface area (Å²) in [4.78, 5) is 60.1. The Kier molecular flexibility index (Phi) is 11.0. The second-order valence-corrected chi connectivity index (χ2v) is 12.0. The SMILES string of the molecule is CC(C)[C@@H]1NC(=O)[C@@H](NC(=O)c2ccc(N3CCOCC3)cc2)CCCCNC(=O)c2coc(n2)[C@@H](Cc2ccccc2)NC1=O. The number of morpholine rings is 1. The summed E-state index contributed by atoms with van der Waals surface area (Å²) in [7, 11) is 0. The number of oxazole rings is 1. The number of nitrogens with one attached hydrogen (secondary N) is 4. The quantitative estimate of drug-likeness (QED) is 0.324. The zero-order valence-electron chi connectivity index (χ0n) is 26.3. The van der Waals surface area contributed by atoms with Gasteiger partial charge in [0.2, 0.25) is 17.7 Å². The number of carbonyl (C=O) groups is 4. The molecule has 46 heavy (non-hydrogen) atoms. The second-order valence-electron chi connectivity index (χ2n) is 12.0. The van der Waals surface area contributed by atoms with Gasteiger partial charge in [-0.1, -0.05) is 44.2 Å². The Labute approximate surface area is 268 Å². The topological polar surface area (TPSA) is 155 Å². The average Bonchev–Trinajstić information content (AvgIpc) is 3.57. The van der Waals surface area contributed by atoms with Gasteiger partial charge in [0.25, 0.3) is 11.8 Å². The standard InChI is InChI=1S/C34H42N6O6/c1-22(2)29-33(44)37-27(20-23-8-4-3-5-9-23)34-38-28(21-46-34)31(42)35-15-7-6-10-26(32(43)39-29)36-30(41)24-11-13-25(14-12-24)40-16-18-45-19-17-40/h3-5,8-9,11-14,21-22,26-27,29H,6-7,10,15-20H2,1-2H3,(H,35,42)(H,36,41)(H,37,44)(H,39,43)/t26-,27+,29-/m0/s1. The molecule has 244 valence electrons. The van der Waals surface area contributed by atoms with Crippen LogP contribution in [-0.4, -0.2) is 73.5 Å². The number of hydrogen-bond donors (Lipinski definition) is 4. The minimum atomic E-state index is -0.899. The maximum Gasteiger partial charge on any atom is 0.273 e. The lowest BCUT2D eigenvalue weighted by atomic mass is 10.00. The van der Waals surface area contributed by atoms with Crippen molar-refractivity contribution in [1.82, 2.24) is 26.3 Å². The van der Waals surface area contributed by atoms with Crippen LogP contribution in [-0.2, 0) is 20.7 Å². The molecule has 1 aromatic heterocycles. The molecule has 2 aliphatic heterocycles. The first-order chi connectivity index (χ1) is 22.3. The predicted octanol–water partition coefficient (Wildman–Crippen LogP) is 2.76. The van der Waals surface area contributed by atoms with Crippen LogP contribution in [0.1, 0.15) is 71.5 Å². The highest BCUT2D eigenvalue weighted by Gasteiger charge is 2.32. The molecule has 5 rings (SSSR count). The van der Waals surface area contributed by atoms with Crippen LogP contribution in [0.2, 0.25) is 0 Å². The molecule has 2 aromatic carbocycles. The first-order valence-corrected chi connectivity index (χ1v) is 15.9. The van der Waals surface area contributed by atoms with E-state index in [1.807, 2.05) is 56.3 Å². The lowest BCUT2D eigenvalue weighted by molar-refractivity contribution is -0.131. The van der Waals surface area contributed by atoms with Crippen molar-refractivity contribution < 1.29 is 28.3 Å². The zero-order valence-corrected chi connectivity index (χ0v) is 26.3. The molecular formula is C34H42N6O6. The van der Waals surface area contributed by atoms with Gasteiger partial charge in [-0.15, -0.1) is 0 Å². The van der Waals surface area contributed by atoms with Gasteiger partial charge in [0, 0.05) is 37.3 Å². The minimum Gasteiger partial charge on any atom is -0.446 e. The largest absolute Gasteiger partial charge is 0.446 e. The van der Waals surface area contributed by atoms with Gasteiger partial charge in [0.1, 0.15) is 24.4 Å². The molecule has 1 saturated heterocycles. The van der Waals surface area contributed by atoms with Gasteiger partial charge in [-0.25, -0.2) is 4.98 Å². The van der Waals surface area contributed by atoms with Crippen molar-refractivity contribution in [2.75, 3.05) is 37.7 Å². The van der Waals surface area contributed by atoms with Crippen molar-refractivity contribution in [3.8, 4) is 0 Å². The van der Waals surface area contributed by atoms with E-state index in [9.17, 15) is 19.2 Å². The molecule has 0 aliphatic carbocycles. The van der Waals surface area contributed by atoms with Gasteiger partial charge in [-0.2, -0.15) is 0 Å². The second kappa shape index (κ2) is 15.5. The number of amides is 4. The molecule has 2 aliphatic rings. The molecule has 12 nitrogen and oxygen atoms in total. The Morgan fingerprint density at radius 2 is 1.72 bits per heavy atom. The van der Waals surface area contributed by atoms with Gasteiger partial charge in [0.05, 0.1) is 13.2 Å². The fraction of sp³-hybridized carbons (Fsp3) is 0.441. The van der Waals surface area contributed by atoms with E-state index in [1.54, 1.807) is 12.1 Å². The number of rotatable bonds is 6. The van der Waals surface area contributed by atoms with Crippen molar-refractivity contribution in [2.45, 2.75) is 57.7 Å². The molecule has 0 spiro atoms. The Hall–Kier alpha value is -4.71. The molecule has 1 fully saturated rings. The molecule has 3 atom stereocenters. The van der Waals surface area contributed by atoms with E-state index in [2.05, 4.69) is 31.2 Å². The summed E-state index contributed by atoms with van der Waals surface area (Å²) >= 11 is 0. The number of ether oxygens (including phenoxy) is 1. The Bertz CT molecular complexity index is 1490. The van der Waals surface area contributed by atoms with E-state index in [1.165, 1.54) is 6.26 Å². The number of anilines is 1. The number of benzene rings is 2. The van der Waals surface area contributed by atoms with Crippen LogP contribution in [0.3, 0.4) is 0 Å². The van der Waals surface area contributed by atoms with Crippen LogP contribution in [0, 0.1) is 5.92 Å². The first kappa shape index (κ1) is 32.7. The number of aromatic nitrogens is 1. The molecule has 0 unspecified atom stereocenters.